The molecule has 0 bridgehead atoms. The van der Waals surface area contributed by atoms with Crippen LogP contribution < -0.4 is 0 Å². The number of esters is 1. The third-order valence-corrected chi connectivity index (χ3v) is 3.00. The Morgan fingerprint density at radius 2 is 2.07 bits per heavy atom. The smallest absolute Gasteiger partial charge is 0.331 e. The van der Waals surface area contributed by atoms with Crippen LogP contribution in [0.25, 0.3) is 0 Å². The van der Waals surface area contributed by atoms with Gasteiger partial charge in [-0.05, 0) is 23.5 Å². The summed E-state index contributed by atoms with van der Waals surface area (Å²) in [5.41, 5.74) is 0. The van der Waals surface area contributed by atoms with E-state index in [1.807, 2.05) is 37.3 Å². The molecule has 0 N–H and O–H groups in total. The van der Waals surface area contributed by atoms with Crippen molar-refractivity contribution < 1.29 is 9.53 Å². The van der Waals surface area contributed by atoms with Gasteiger partial charge in [0.25, 0.3) is 0 Å². The van der Waals surface area contributed by atoms with Crippen molar-refractivity contribution in [3.05, 3.63) is 41.3 Å². The van der Waals surface area contributed by atoms with Crippen molar-refractivity contribution in [2.45, 2.75) is 18.2 Å². The van der Waals surface area contributed by atoms with Crippen LogP contribution in [0.4, 0.5) is 0 Å². The molecule has 0 aliphatic heterocycles. The zero-order valence-corrected chi connectivity index (χ0v) is 9.71. The number of methoxy groups -OCH3 is 1. The molecule has 2 nitrogen and oxygen atoms in total. The van der Waals surface area contributed by atoms with Gasteiger partial charge in [0, 0.05) is 11.0 Å². The fourth-order valence-electron chi connectivity index (χ4n) is 1.03. The van der Waals surface area contributed by atoms with Gasteiger partial charge in [0.1, 0.15) is 0 Å². The molecule has 80 valence electrons. The van der Waals surface area contributed by atoms with Crippen LogP contribution in [0.15, 0.2) is 46.2 Å². The summed E-state index contributed by atoms with van der Waals surface area (Å²) in [5, 5.41) is 0. The van der Waals surface area contributed by atoms with Crippen molar-refractivity contribution in [2.75, 3.05) is 7.11 Å². The van der Waals surface area contributed by atoms with Gasteiger partial charge in [-0.2, -0.15) is 0 Å². The summed E-state index contributed by atoms with van der Waals surface area (Å²) in [6.45, 7) is 2.02. The van der Waals surface area contributed by atoms with Crippen molar-refractivity contribution in [3.63, 3.8) is 0 Å². The fraction of sp³-hybridized carbons (Fsp3) is 0.250. The van der Waals surface area contributed by atoms with E-state index in [2.05, 4.69) is 4.74 Å². The Morgan fingerprint density at radius 1 is 1.40 bits per heavy atom. The predicted molar refractivity (Wildman–Crippen MR) is 62.7 cm³/mol. The number of benzene rings is 1. The first-order chi connectivity index (χ1) is 7.26. The summed E-state index contributed by atoms with van der Waals surface area (Å²) in [6.07, 6.45) is 2.37. The van der Waals surface area contributed by atoms with Gasteiger partial charge in [0.15, 0.2) is 0 Å². The number of thioether (sulfide) groups is 1. The number of hydrogen-bond acceptors (Lipinski definition) is 3. The van der Waals surface area contributed by atoms with Crippen molar-refractivity contribution in [1.29, 1.82) is 0 Å². The van der Waals surface area contributed by atoms with Crippen molar-refractivity contribution in [3.8, 4) is 0 Å². The molecule has 0 amide bonds. The summed E-state index contributed by atoms with van der Waals surface area (Å²) in [6, 6.07) is 9.97. The second-order valence-electron chi connectivity index (χ2n) is 2.90. The van der Waals surface area contributed by atoms with E-state index in [9.17, 15) is 4.79 Å². The number of carbonyl (C=O) groups excluding carboxylic acids is 1. The Morgan fingerprint density at radius 3 is 2.60 bits per heavy atom. The highest BCUT2D eigenvalue weighted by Crippen LogP contribution is 2.28. The minimum Gasteiger partial charge on any atom is -0.466 e. The molecule has 0 saturated heterocycles. The number of hydrogen-bond donors (Lipinski definition) is 0. The lowest BCUT2D eigenvalue weighted by molar-refractivity contribution is -0.134. The van der Waals surface area contributed by atoms with Gasteiger partial charge in [-0.1, -0.05) is 36.9 Å². The van der Waals surface area contributed by atoms with Crippen LogP contribution in [0.1, 0.15) is 13.3 Å². The van der Waals surface area contributed by atoms with Gasteiger partial charge >= 0.3 is 5.97 Å². The first kappa shape index (κ1) is 11.9. The molecule has 0 aromatic heterocycles. The van der Waals surface area contributed by atoms with E-state index >= 15 is 0 Å². The molecule has 1 aromatic carbocycles. The van der Waals surface area contributed by atoms with Crippen molar-refractivity contribution in [2.24, 2.45) is 0 Å². The summed E-state index contributed by atoms with van der Waals surface area (Å²) in [7, 11) is 1.39. The fourth-order valence-corrected chi connectivity index (χ4v) is 1.93. The quantitative estimate of drug-likeness (QED) is 0.444. The molecule has 1 rings (SSSR count). The lowest BCUT2D eigenvalue weighted by atomic mass is 10.4. The molecule has 15 heavy (non-hydrogen) atoms. The molecular formula is C12H14O2S. The average molecular weight is 222 g/mol. The Bertz CT molecular complexity index is 344. The van der Waals surface area contributed by atoms with Crippen LogP contribution in [0.3, 0.4) is 0 Å². The normalized spacial score (nSPS) is 11.2. The largest absolute Gasteiger partial charge is 0.466 e. The van der Waals surface area contributed by atoms with Gasteiger partial charge < -0.3 is 4.74 Å². The molecule has 0 aliphatic rings. The van der Waals surface area contributed by atoms with E-state index in [4.69, 9.17) is 0 Å². The van der Waals surface area contributed by atoms with Crippen LogP contribution in [0.2, 0.25) is 0 Å². The second kappa shape index (κ2) is 6.30. The summed E-state index contributed by atoms with van der Waals surface area (Å²) >= 11 is 1.59. The average Bonchev–Trinajstić information content (AvgIpc) is 2.29. The van der Waals surface area contributed by atoms with Crippen molar-refractivity contribution >= 4 is 17.7 Å². The van der Waals surface area contributed by atoms with E-state index in [-0.39, 0.29) is 5.97 Å². The van der Waals surface area contributed by atoms with Gasteiger partial charge in [0.2, 0.25) is 0 Å². The molecule has 0 aliphatic carbocycles. The highest BCUT2D eigenvalue weighted by Gasteiger charge is 2.01. The van der Waals surface area contributed by atoms with Gasteiger partial charge in [-0.25, -0.2) is 4.79 Å². The molecule has 1 aromatic rings. The first-order valence-corrected chi connectivity index (χ1v) is 5.59. The number of carbonyl (C=O) groups is 1. The Labute approximate surface area is 94.3 Å². The third kappa shape index (κ3) is 4.21. The van der Waals surface area contributed by atoms with E-state index in [1.54, 1.807) is 11.8 Å². The molecule has 0 unspecified atom stereocenters. The zero-order chi connectivity index (χ0) is 11.1. The molecule has 0 fully saturated rings. The number of allylic oxidation sites excluding steroid dienone is 1. The van der Waals surface area contributed by atoms with Crippen molar-refractivity contribution in [1.82, 2.24) is 0 Å². The van der Waals surface area contributed by atoms with E-state index in [0.29, 0.717) is 0 Å². The SMILES string of the molecule is CC/C(=C\C(=O)OC)Sc1ccccc1. The van der Waals surface area contributed by atoms with Crippen LogP contribution in [-0.4, -0.2) is 13.1 Å². The predicted octanol–water partition coefficient (Wildman–Crippen LogP) is 3.25. The minimum atomic E-state index is -0.296. The Balaban J connectivity index is 2.70. The van der Waals surface area contributed by atoms with Crippen LogP contribution in [0, 0.1) is 0 Å². The summed E-state index contributed by atoms with van der Waals surface area (Å²) < 4.78 is 4.59. The molecule has 0 saturated carbocycles. The lowest BCUT2D eigenvalue weighted by Crippen LogP contribution is -1.95. The molecular weight excluding hydrogens is 208 g/mol. The summed E-state index contributed by atoms with van der Waals surface area (Å²) in [5.74, 6) is -0.296. The lowest BCUT2D eigenvalue weighted by Gasteiger charge is -2.03. The zero-order valence-electron chi connectivity index (χ0n) is 8.90. The molecule has 0 spiro atoms. The van der Waals surface area contributed by atoms with E-state index in [0.717, 1.165) is 16.2 Å². The maximum absolute atomic E-state index is 11.1. The van der Waals surface area contributed by atoms with Gasteiger partial charge in [0.05, 0.1) is 7.11 Å². The molecule has 0 radical (unpaired) electrons. The van der Waals surface area contributed by atoms with E-state index in [1.165, 1.54) is 13.2 Å². The second-order valence-corrected chi connectivity index (χ2v) is 4.10. The highest BCUT2D eigenvalue weighted by molar-refractivity contribution is 8.03. The summed E-state index contributed by atoms with van der Waals surface area (Å²) in [4.78, 5) is 13.2. The maximum Gasteiger partial charge on any atom is 0.331 e. The highest BCUT2D eigenvalue weighted by atomic mass is 32.2. The van der Waals surface area contributed by atoms with Crippen LogP contribution in [0.5, 0.6) is 0 Å². The molecule has 0 atom stereocenters. The Hall–Kier alpha value is -1.22. The van der Waals surface area contributed by atoms with Gasteiger partial charge in [-0.3, -0.25) is 0 Å². The topological polar surface area (TPSA) is 26.3 Å². The molecule has 0 heterocycles. The van der Waals surface area contributed by atoms with E-state index < -0.39 is 0 Å². The standard InChI is InChI=1S/C12H14O2S/c1-3-10(9-12(13)14-2)15-11-7-5-4-6-8-11/h4-9H,3H2,1-2H3/b10-9+. The third-order valence-electron chi connectivity index (χ3n) is 1.82. The first-order valence-electron chi connectivity index (χ1n) is 4.77. The number of rotatable bonds is 4. The Kier molecular flexibility index (Phi) is 4.98. The van der Waals surface area contributed by atoms with Gasteiger partial charge in [-0.15, -0.1) is 0 Å². The monoisotopic (exact) mass is 222 g/mol. The maximum atomic E-state index is 11.1. The van der Waals surface area contributed by atoms with Crippen LogP contribution in [-0.2, 0) is 9.53 Å². The van der Waals surface area contributed by atoms with Crippen LogP contribution >= 0.6 is 11.8 Å². The molecule has 3 heteroatoms. The number of ether oxygens (including phenoxy) is 1. The minimum absolute atomic E-state index is 0.296.